The molecule has 1 rings (SSSR count). The van der Waals surface area contributed by atoms with Gasteiger partial charge in [0.15, 0.2) is 5.96 Å². The van der Waals surface area contributed by atoms with Gasteiger partial charge >= 0.3 is 0 Å². The van der Waals surface area contributed by atoms with Gasteiger partial charge in [-0.25, -0.2) is 0 Å². The summed E-state index contributed by atoms with van der Waals surface area (Å²) in [6, 6.07) is 8.26. The van der Waals surface area contributed by atoms with E-state index in [9.17, 15) is 0 Å². The molecular weight excluding hydrogens is 341 g/mol. The van der Waals surface area contributed by atoms with Crippen LogP contribution < -0.4 is 10.6 Å². The van der Waals surface area contributed by atoms with Gasteiger partial charge in [0.1, 0.15) is 0 Å². The highest BCUT2D eigenvalue weighted by molar-refractivity contribution is 14.0. The lowest BCUT2D eigenvalue weighted by molar-refractivity contribution is 0.133. The van der Waals surface area contributed by atoms with Gasteiger partial charge in [0.05, 0.1) is 6.61 Å². The second kappa shape index (κ2) is 10.1. The summed E-state index contributed by atoms with van der Waals surface area (Å²) < 4.78 is 5.45. The Morgan fingerprint density at radius 3 is 2.50 bits per heavy atom. The molecule has 0 aromatic heterocycles. The van der Waals surface area contributed by atoms with Crippen LogP contribution in [0.4, 0.5) is 0 Å². The van der Waals surface area contributed by atoms with Crippen LogP contribution in [0.2, 0.25) is 0 Å². The molecule has 0 unspecified atom stereocenters. The van der Waals surface area contributed by atoms with Crippen molar-refractivity contribution in [2.75, 3.05) is 20.7 Å². The number of benzene rings is 1. The van der Waals surface area contributed by atoms with E-state index >= 15 is 0 Å². The first-order chi connectivity index (χ1) is 8.31. The van der Waals surface area contributed by atoms with Crippen LogP contribution in [0, 0.1) is 0 Å². The van der Waals surface area contributed by atoms with Crippen LogP contribution in [0.25, 0.3) is 0 Å². The Morgan fingerprint density at radius 1 is 1.28 bits per heavy atom. The Hall–Kier alpha value is -0.820. The largest absolute Gasteiger partial charge is 0.377 e. The van der Waals surface area contributed by atoms with Crippen LogP contribution in [0.3, 0.4) is 0 Å². The molecule has 1 aromatic carbocycles. The molecule has 0 fully saturated rings. The van der Waals surface area contributed by atoms with E-state index in [1.807, 2.05) is 26.1 Å². The smallest absolute Gasteiger partial charge is 0.190 e. The molecule has 0 spiro atoms. The Morgan fingerprint density at radius 2 is 1.94 bits per heavy atom. The van der Waals surface area contributed by atoms with Crippen molar-refractivity contribution in [2.24, 2.45) is 4.99 Å². The van der Waals surface area contributed by atoms with Crippen molar-refractivity contribution in [1.82, 2.24) is 10.6 Å². The van der Waals surface area contributed by atoms with E-state index in [0.717, 1.165) is 19.1 Å². The van der Waals surface area contributed by atoms with Crippen molar-refractivity contribution in [2.45, 2.75) is 20.1 Å². The van der Waals surface area contributed by atoms with Gasteiger partial charge in [-0.15, -0.1) is 24.0 Å². The van der Waals surface area contributed by atoms with E-state index in [2.05, 4.69) is 27.8 Å². The molecule has 0 heterocycles. The number of nitrogens with one attached hydrogen (secondary N) is 2. The number of ether oxygens (including phenoxy) is 1. The lowest BCUT2D eigenvalue weighted by Crippen LogP contribution is -2.34. The van der Waals surface area contributed by atoms with E-state index in [1.165, 1.54) is 11.1 Å². The molecule has 18 heavy (non-hydrogen) atoms. The highest BCUT2D eigenvalue weighted by atomic mass is 127. The van der Waals surface area contributed by atoms with Crippen LogP contribution in [0.15, 0.2) is 29.3 Å². The average molecular weight is 363 g/mol. The molecule has 0 saturated carbocycles. The zero-order valence-electron chi connectivity index (χ0n) is 11.2. The number of nitrogens with zero attached hydrogens (tertiary/aromatic N) is 1. The van der Waals surface area contributed by atoms with E-state index < -0.39 is 0 Å². The predicted molar refractivity (Wildman–Crippen MR) is 86.4 cm³/mol. The monoisotopic (exact) mass is 363 g/mol. The third-order valence-corrected chi connectivity index (χ3v) is 2.49. The van der Waals surface area contributed by atoms with Crippen molar-refractivity contribution >= 4 is 29.9 Å². The summed E-state index contributed by atoms with van der Waals surface area (Å²) in [4.78, 5) is 4.08. The third-order valence-electron chi connectivity index (χ3n) is 2.49. The van der Waals surface area contributed by atoms with Gasteiger partial charge in [-0.3, -0.25) is 4.99 Å². The normalized spacial score (nSPS) is 10.7. The molecule has 0 radical (unpaired) electrons. The van der Waals surface area contributed by atoms with Gasteiger partial charge in [-0.05, 0) is 18.1 Å². The van der Waals surface area contributed by atoms with Gasteiger partial charge in [-0.2, -0.15) is 0 Å². The number of halogens is 1. The quantitative estimate of drug-likeness (QED) is 0.479. The summed E-state index contributed by atoms with van der Waals surface area (Å²) in [6.07, 6.45) is 0. The van der Waals surface area contributed by atoms with Crippen molar-refractivity contribution in [3.05, 3.63) is 35.4 Å². The second-order valence-corrected chi connectivity index (χ2v) is 3.58. The Bertz CT molecular complexity index is 369. The molecule has 1 aromatic rings. The topological polar surface area (TPSA) is 45.6 Å². The molecule has 5 heteroatoms. The van der Waals surface area contributed by atoms with Crippen LogP contribution >= 0.6 is 24.0 Å². The lowest BCUT2D eigenvalue weighted by atomic mass is 10.1. The first-order valence-electron chi connectivity index (χ1n) is 5.84. The van der Waals surface area contributed by atoms with Crippen LogP contribution in [-0.2, 0) is 17.9 Å². The minimum atomic E-state index is 0. The zero-order valence-corrected chi connectivity index (χ0v) is 13.5. The summed E-state index contributed by atoms with van der Waals surface area (Å²) >= 11 is 0. The van der Waals surface area contributed by atoms with Crippen LogP contribution in [0.5, 0.6) is 0 Å². The maximum atomic E-state index is 5.45. The van der Waals surface area contributed by atoms with E-state index in [-0.39, 0.29) is 24.0 Å². The molecule has 0 saturated heterocycles. The van der Waals surface area contributed by atoms with Gasteiger partial charge in [0.2, 0.25) is 0 Å². The fourth-order valence-electron chi connectivity index (χ4n) is 1.54. The summed E-state index contributed by atoms with van der Waals surface area (Å²) in [7, 11) is 3.60. The average Bonchev–Trinajstić information content (AvgIpc) is 2.38. The van der Waals surface area contributed by atoms with Gasteiger partial charge < -0.3 is 15.4 Å². The second-order valence-electron chi connectivity index (χ2n) is 3.58. The number of guanidine groups is 1. The Labute approximate surface area is 126 Å². The molecule has 0 amide bonds. The molecular formula is C13H22IN3O. The van der Waals surface area contributed by atoms with Crippen LogP contribution in [-0.4, -0.2) is 26.7 Å². The fourth-order valence-corrected chi connectivity index (χ4v) is 1.54. The maximum absolute atomic E-state index is 5.45. The van der Waals surface area contributed by atoms with E-state index in [0.29, 0.717) is 6.61 Å². The molecule has 4 nitrogen and oxygen atoms in total. The molecule has 0 aliphatic heterocycles. The highest BCUT2D eigenvalue weighted by Crippen LogP contribution is 2.09. The lowest BCUT2D eigenvalue weighted by Gasteiger charge is -2.12. The van der Waals surface area contributed by atoms with Gasteiger partial charge in [-0.1, -0.05) is 24.3 Å². The summed E-state index contributed by atoms with van der Waals surface area (Å²) in [5.41, 5.74) is 2.45. The number of hydrogen-bond acceptors (Lipinski definition) is 2. The summed E-state index contributed by atoms with van der Waals surface area (Å²) in [5, 5.41) is 6.23. The summed E-state index contributed by atoms with van der Waals surface area (Å²) in [6.45, 7) is 4.15. The first-order valence-corrected chi connectivity index (χ1v) is 5.84. The van der Waals surface area contributed by atoms with Crippen molar-refractivity contribution < 1.29 is 4.74 Å². The van der Waals surface area contributed by atoms with Crippen molar-refractivity contribution in [3.63, 3.8) is 0 Å². The molecule has 102 valence electrons. The number of aliphatic imine (C=N–C) groups is 1. The molecule has 0 aliphatic carbocycles. The fraction of sp³-hybridized carbons (Fsp3) is 0.462. The van der Waals surface area contributed by atoms with Crippen molar-refractivity contribution in [1.29, 1.82) is 0 Å². The number of rotatable bonds is 5. The SMILES string of the molecule is CCOCc1ccccc1CNC(=NC)NC.I. The van der Waals surface area contributed by atoms with E-state index in [1.54, 1.807) is 7.05 Å². The minimum absolute atomic E-state index is 0. The van der Waals surface area contributed by atoms with Crippen molar-refractivity contribution in [3.8, 4) is 0 Å². The maximum Gasteiger partial charge on any atom is 0.190 e. The Balaban J connectivity index is 0.00000289. The predicted octanol–water partition coefficient (Wildman–Crippen LogP) is 2.14. The van der Waals surface area contributed by atoms with E-state index in [4.69, 9.17) is 4.74 Å². The summed E-state index contributed by atoms with van der Waals surface area (Å²) in [5.74, 6) is 0.788. The third kappa shape index (κ3) is 5.68. The first kappa shape index (κ1) is 17.2. The molecule has 0 atom stereocenters. The molecule has 0 aliphatic rings. The molecule has 0 bridgehead atoms. The molecule has 2 N–H and O–H groups in total. The number of hydrogen-bond donors (Lipinski definition) is 2. The van der Waals surface area contributed by atoms with Gasteiger partial charge in [0.25, 0.3) is 0 Å². The Kier molecular flexibility index (Phi) is 9.67. The van der Waals surface area contributed by atoms with Crippen LogP contribution in [0.1, 0.15) is 18.1 Å². The van der Waals surface area contributed by atoms with Gasteiger partial charge in [0, 0.05) is 27.2 Å². The standard InChI is InChI=1S/C13H21N3O.HI/c1-4-17-10-12-8-6-5-7-11(12)9-16-13(14-2)15-3;/h5-8H,4,9-10H2,1-3H3,(H2,14,15,16);1H. The minimum Gasteiger partial charge on any atom is -0.377 e. The highest BCUT2D eigenvalue weighted by Gasteiger charge is 2.02. The zero-order chi connectivity index (χ0) is 12.5.